The molecule has 1 aliphatic carbocycles. The van der Waals surface area contributed by atoms with Gasteiger partial charge in [0.1, 0.15) is 0 Å². The van der Waals surface area contributed by atoms with Crippen molar-refractivity contribution in [2.75, 3.05) is 0 Å². The third-order valence-corrected chi connectivity index (χ3v) is 2.24. The Morgan fingerprint density at radius 1 is 1.40 bits per heavy atom. The maximum atomic E-state index is 2.46. The number of rotatable bonds is 3. The Morgan fingerprint density at radius 3 is 2.90 bits per heavy atom. The Balaban J connectivity index is 2.18. The quantitative estimate of drug-likeness (QED) is 0.522. The van der Waals surface area contributed by atoms with Crippen LogP contribution in [0.3, 0.4) is 0 Å². The lowest BCUT2D eigenvalue weighted by atomic mass is 9.96. The predicted molar refractivity (Wildman–Crippen MR) is 46.1 cm³/mol. The van der Waals surface area contributed by atoms with Crippen molar-refractivity contribution in [3.05, 3.63) is 11.6 Å². The van der Waals surface area contributed by atoms with Gasteiger partial charge in [-0.3, -0.25) is 0 Å². The lowest BCUT2D eigenvalue weighted by Gasteiger charge is -2.11. The summed E-state index contributed by atoms with van der Waals surface area (Å²) in [5, 5.41) is 0. The van der Waals surface area contributed by atoms with Crippen LogP contribution < -0.4 is 0 Å². The van der Waals surface area contributed by atoms with Gasteiger partial charge < -0.3 is 0 Å². The van der Waals surface area contributed by atoms with Crippen molar-refractivity contribution in [3.63, 3.8) is 0 Å². The zero-order valence-electron chi connectivity index (χ0n) is 7.03. The average Bonchev–Trinajstić information content (AvgIpc) is 2.03. The lowest BCUT2D eigenvalue weighted by Crippen LogP contribution is -1.91. The summed E-state index contributed by atoms with van der Waals surface area (Å²) in [5.41, 5.74) is 1.73. The van der Waals surface area contributed by atoms with E-state index >= 15 is 0 Å². The number of hydrogen-bond acceptors (Lipinski definition) is 0. The fourth-order valence-corrected chi connectivity index (χ4v) is 1.54. The molecule has 0 aromatic carbocycles. The molecule has 0 atom stereocenters. The third kappa shape index (κ3) is 2.55. The van der Waals surface area contributed by atoms with Gasteiger partial charge in [-0.05, 0) is 38.5 Å². The minimum absolute atomic E-state index is 1.34. The van der Waals surface area contributed by atoms with Gasteiger partial charge >= 0.3 is 0 Å². The van der Waals surface area contributed by atoms with Gasteiger partial charge in [-0.25, -0.2) is 0 Å². The summed E-state index contributed by atoms with van der Waals surface area (Å²) in [6, 6.07) is 0. The summed E-state index contributed by atoms with van der Waals surface area (Å²) in [5.74, 6) is 0. The smallest absolute Gasteiger partial charge is 0.0320 e. The molecule has 1 rings (SSSR count). The fraction of sp³-hybridized carbons (Fsp3) is 0.800. The molecular weight excluding hydrogens is 120 g/mol. The van der Waals surface area contributed by atoms with E-state index in [4.69, 9.17) is 0 Å². The highest BCUT2D eigenvalue weighted by atomic mass is 14.1. The molecule has 0 unspecified atom stereocenters. The van der Waals surface area contributed by atoms with Gasteiger partial charge in [0.05, 0.1) is 0 Å². The Bertz CT molecular complexity index is 111. The van der Waals surface area contributed by atoms with E-state index in [1.165, 1.54) is 44.9 Å². The van der Waals surface area contributed by atoms with Crippen LogP contribution in [-0.2, 0) is 0 Å². The Labute approximate surface area is 64.3 Å². The van der Waals surface area contributed by atoms with Gasteiger partial charge in [-0.2, -0.15) is 0 Å². The van der Waals surface area contributed by atoms with Gasteiger partial charge in [0.15, 0.2) is 0 Å². The minimum atomic E-state index is 1.34. The highest BCUT2D eigenvalue weighted by Crippen LogP contribution is 2.21. The second kappa shape index (κ2) is 4.54. The molecule has 0 radical (unpaired) electrons. The largest absolute Gasteiger partial charge is 0.0853 e. The predicted octanol–water partition coefficient (Wildman–Crippen LogP) is 3.68. The molecule has 0 saturated heterocycles. The third-order valence-electron chi connectivity index (χ3n) is 2.24. The number of hydrogen-bond donors (Lipinski definition) is 0. The molecule has 0 nitrogen and oxygen atoms in total. The van der Waals surface area contributed by atoms with Crippen molar-refractivity contribution in [1.29, 1.82) is 0 Å². The van der Waals surface area contributed by atoms with Crippen molar-refractivity contribution >= 4 is 0 Å². The average molecular weight is 138 g/mol. The summed E-state index contributed by atoms with van der Waals surface area (Å²) in [6.45, 7) is 2.27. The van der Waals surface area contributed by atoms with Crippen molar-refractivity contribution in [3.8, 4) is 0 Å². The van der Waals surface area contributed by atoms with Crippen LogP contribution in [0.5, 0.6) is 0 Å². The molecule has 0 saturated carbocycles. The lowest BCUT2D eigenvalue weighted by molar-refractivity contribution is 0.655. The van der Waals surface area contributed by atoms with Crippen molar-refractivity contribution in [2.24, 2.45) is 0 Å². The van der Waals surface area contributed by atoms with E-state index in [1.807, 2.05) is 0 Å². The molecule has 0 aliphatic heterocycles. The maximum absolute atomic E-state index is 2.46. The van der Waals surface area contributed by atoms with Crippen LogP contribution in [0.25, 0.3) is 0 Å². The highest BCUT2D eigenvalue weighted by Gasteiger charge is 2.01. The van der Waals surface area contributed by atoms with E-state index < -0.39 is 0 Å². The molecule has 0 amide bonds. The molecule has 0 aromatic heterocycles. The summed E-state index contributed by atoms with van der Waals surface area (Å²) in [7, 11) is 0. The van der Waals surface area contributed by atoms with Crippen LogP contribution >= 0.6 is 0 Å². The SMILES string of the molecule is CCCCC1=CCCCC1. The molecule has 0 spiro atoms. The van der Waals surface area contributed by atoms with E-state index in [2.05, 4.69) is 13.0 Å². The van der Waals surface area contributed by atoms with Crippen LogP contribution in [0.2, 0.25) is 0 Å². The normalized spacial score (nSPS) is 18.7. The van der Waals surface area contributed by atoms with Crippen LogP contribution in [0.15, 0.2) is 11.6 Å². The first-order valence-corrected chi connectivity index (χ1v) is 4.61. The van der Waals surface area contributed by atoms with E-state index in [0.29, 0.717) is 0 Å². The zero-order valence-corrected chi connectivity index (χ0v) is 7.03. The summed E-state index contributed by atoms with van der Waals surface area (Å²) < 4.78 is 0. The highest BCUT2D eigenvalue weighted by molar-refractivity contribution is 5.04. The maximum Gasteiger partial charge on any atom is -0.0320 e. The summed E-state index contributed by atoms with van der Waals surface area (Å²) >= 11 is 0. The molecule has 58 valence electrons. The Morgan fingerprint density at radius 2 is 2.30 bits per heavy atom. The molecule has 10 heavy (non-hydrogen) atoms. The van der Waals surface area contributed by atoms with Crippen molar-refractivity contribution in [1.82, 2.24) is 0 Å². The minimum Gasteiger partial charge on any atom is -0.0853 e. The van der Waals surface area contributed by atoms with Crippen LogP contribution in [0, 0.1) is 0 Å². The van der Waals surface area contributed by atoms with Crippen molar-refractivity contribution in [2.45, 2.75) is 51.9 Å². The number of unbranched alkanes of at least 4 members (excludes halogenated alkanes) is 1. The van der Waals surface area contributed by atoms with E-state index in [0.717, 1.165) is 0 Å². The second-order valence-electron chi connectivity index (χ2n) is 3.21. The zero-order chi connectivity index (χ0) is 7.23. The summed E-state index contributed by atoms with van der Waals surface area (Å²) in [6.07, 6.45) is 12.2. The first kappa shape index (κ1) is 7.84. The first-order chi connectivity index (χ1) is 4.93. The monoisotopic (exact) mass is 138 g/mol. The Hall–Kier alpha value is -0.260. The summed E-state index contributed by atoms with van der Waals surface area (Å²) in [4.78, 5) is 0. The standard InChI is InChI=1S/C10H18/c1-2-3-7-10-8-5-4-6-9-10/h8H,2-7,9H2,1H3. The fourth-order valence-electron chi connectivity index (χ4n) is 1.54. The molecule has 0 bridgehead atoms. The van der Waals surface area contributed by atoms with Crippen LogP contribution in [0.1, 0.15) is 51.9 Å². The van der Waals surface area contributed by atoms with Gasteiger partial charge in [-0.15, -0.1) is 0 Å². The molecule has 0 heterocycles. The van der Waals surface area contributed by atoms with E-state index in [1.54, 1.807) is 5.57 Å². The van der Waals surface area contributed by atoms with Crippen LogP contribution in [0.4, 0.5) is 0 Å². The van der Waals surface area contributed by atoms with Crippen LogP contribution in [-0.4, -0.2) is 0 Å². The van der Waals surface area contributed by atoms with E-state index in [9.17, 15) is 0 Å². The molecule has 0 N–H and O–H groups in total. The van der Waals surface area contributed by atoms with Gasteiger partial charge in [0.2, 0.25) is 0 Å². The molecule has 0 heteroatoms. The molecule has 0 aromatic rings. The number of allylic oxidation sites excluding steroid dienone is 2. The van der Waals surface area contributed by atoms with E-state index in [-0.39, 0.29) is 0 Å². The molecular formula is C10H18. The topological polar surface area (TPSA) is 0 Å². The Kier molecular flexibility index (Phi) is 3.56. The van der Waals surface area contributed by atoms with Gasteiger partial charge in [0, 0.05) is 0 Å². The second-order valence-corrected chi connectivity index (χ2v) is 3.21. The van der Waals surface area contributed by atoms with Gasteiger partial charge in [0.25, 0.3) is 0 Å². The molecule has 1 aliphatic rings. The van der Waals surface area contributed by atoms with Gasteiger partial charge in [-0.1, -0.05) is 25.0 Å². The van der Waals surface area contributed by atoms with Crippen molar-refractivity contribution < 1.29 is 0 Å². The first-order valence-electron chi connectivity index (χ1n) is 4.61. The molecule has 0 fully saturated rings.